The molecule has 1 aromatic carbocycles. The van der Waals surface area contributed by atoms with E-state index in [2.05, 4.69) is 10.3 Å². The molecule has 3 aromatic heterocycles. The van der Waals surface area contributed by atoms with Gasteiger partial charge in [-0.25, -0.2) is 14.4 Å². The van der Waals surface area contributed by atoms with Gasteiger partial charge in [0, 0.05) is 56.7 Å². The van der Waals surface area contributed by atoms with Crippen molar-refractivity contribution in [1.82, 2.24) is 29.0 Å². The summed E-state index contributed by atoms with van der Waals surface area (Å²) < 4.78 is 14.8. The Morgan fingerprint density at radius 3 is 2.56 bits per heavy atom. The molecule has 1 unspecified atom stereocenters. The van der Waals surface area contributed by atoms with Crippen LogP contribution in [0, 0.1) is 0 Å². The molecule has 1 fully saturated rings. The third-order valence-corrected chi connectivity index (χ3v) is 8.30. The van der Waals surface area contributed by atoms with Crippen LogP contribution in [0.5, 0.6) is 0 Å². The van der Waals surface area contributed by atoms with Crippen LogP contribution >= 0.6 is 0 Å². The minimum absolute atomic E-state index is 0.0983. The van der Waals surface area contributed by atoms with Gasteiger partial charge in [0.15, 0.2) is 11.2 Å². The second kappa shape index (κ2) is 13.5. The fourth-order valence-electron chi connectivity index (χ4n) is 5.99. The van der Waals surface area contributed by atoms with E-state index < -0.39 is 29.0 Å². The van der Waals surface area contributed by atoms with Crippen LogP contribution in [0.4, 0.5) is 21.2 Å². The van der Waals surface area contributed by atoms with Crippen molar-refractivity contribution in [2.75, 3.05) is 37.0 Å². The molecule has 5 rings (SSSR count). The standard InChI is InChI=1S/C34H44N8O6/c1-21(2)15-18-41-27-28(37-30(41)40-17-10-11-22(19-40)36-31(44)48-34(3,4)5)39(7)32(45)42(29(27)43)20-25-23-12-9-13-26(24(23)14-16-35-25)38(6)33(46)47-8/h9,12-16,22H,10-11,17-20H2,1-8H3,(H,36,44). The maximum absolute atomic E-state index is 14.3. The lowest BCUT2D eigenvalue weighted by molar-refractivity contribution is 0.0499. The number of fused-ring (bicyclic) bond motifs is 2. The first-order valence-corrected chi connectivity index (χ1v) is 16.0. The number of aromatic nitrogens is 5. The number of nitrogens with one attached hydrogen (secondary N) is 1. The highest BCUT2D eigenvalue weighted by Crippen LogP contribution is 2.29. The molecule has 0 radical (unpaired) electrons. The van der Waals surface area contributed by atoms with Crippen molar-refractivity contribution in [2.45, 2.75) is 72.2 Å². The molecule has 0 aliphatic carbocycles. The predicted octanol–water partition coefficient (Wildman–Crippen LogP) is 4.16. The Morgan fingerprint density at radius 1 is 1.12 bits per heavy atom. The monoisotopic (exact) mass is 660 g/mol. The molecule has 1 aliphatic rings. The summed E-state index contributed by atoms with van der Waals surface area (Å²) in [5, 5.41) is 4.38. The zero-order chi connectivity index (χ0) is 34.9. The van der Waals surface area contributed by atoms with Crippen LogP contribution < -0.4 is 26.4 Å². The number of methoxy groups -OCH3 is 1. The number of aryl methyl sites for hydroxylation is 1. The Kier molecular flexibility index (Phi) is 9.64. The van der Waals surface area contributed by atoms with Crippen LogP contribution in [0.3, 0.4) is 0 Å². The van der Waals surface area contributed by atoms with Gasteiger partial charge < -0.3 is 24.3 Å². The van der Waals surface area contributed by atoms with E-state index in [1.807, 2.05) is 56.2 Å². The molecule has 1 aliphatic heterocycles. The molecule has 4 aromatic rings. The van der Waals surface area contributed by atoms with Crippen molar-refractivity contribution >= 4 is 45.8 Å². The van der Waals surface area contributed by atoms with Crippen LogP contribution in [-0.4, -0.2) is 74.7 Å². The summed E-state index contributed by atoms with van der Waals surface area (Å²) in [5.41, 5.74) is 1.07. The molecule has 0 saturated carbocycles. The van der Waals surface area contributed by atoms with E-state index in [1.165, 1.54) is 21.1 Å². The first kappa shape index (κ1) is 34.2. The summed E-state index contributed by atoms with van der Waals surface area (Å²) in [5.74, 6) is 0.543. The summed E-state index contributed by atoms with van der Waals surface area (Å²) in [6, 6.07) is 7.01. The molecule has 2 amide bonds. The number of benzene rings is 1. The van der Waals surface area contributed by atoms with Crippen LogP contribution in [-0.2, 0) is 29.6 Å². The highest BCUT2D eigenvalue weighted by molar-refractivity contribution is 6.01. The minimum atomic E-state index is -0.620. The lowest BCUT2D eigenvalue weighted by Gasteiger charge is -2.34. The van der Waals surface area contributed by atoms with Crippen molar-refractivity contribution in [3.63, 3.8) is 0 Å². The van der Waals surface area contributed by atoms with Crippen LogP contribution in [0.15, 0.2) is 51.7 Å². The summed E-state index contributed by atoms with van der Waals surface area (Å²) in [6.07, 6.45) is 4.14. The summed E-state index contributed by atoms with van der Waals surface area (Å²) in [6.45, 7) is 10.8. The van der Waals surface area contributed by atoms with Gasteiger partial charge in [0.1, 0.15) is 5.60 Å². The van der Waals surface area contributed by atoms with E-state index in [0.29, 0.717) is 42.4 Å². The van der Waals surface area contributed by atoms with Crippen LogP contribution in [0.2, 0.25) is 0 Å². The topological polar surface area (TPSA) is 146 Å². The molecular formula is C34H44N8O6. The second-order valence-corrected chi connectivity index (χ2v) is 13.3. The van der Waals surface area contributed by atoms with Gasteiger partial charge in [-0.1, -0.05) is 23.8 Å². The zero-order valence-electron chi connectivity index (χ0n) is 28.9. The molecule has 48 heavy (non-hydrogen) atoms. The smallest absolute Gasteiger partial charge is 0.413 e. The molecule has 1 atom stereocenters. The molecule has 1 saturated heterocycles. The van der Waals surface area contributed by atoms with E-state index in [4.69, 9.17) is 14.5 Å². The van der Waals surface area contributed by atoms with Crippen molar-refractivity contribution in [1.29, 1.82) is 0 Å². The lowest BCUT2D eigenvalue weighted by Crippen LogP contribution is -2.49. The zero-order valence-corrected chi connectivity index (χ0v) is 28.9. The van der Waals surface area contributed by atoms with Crippen molar-refractivity contribution in [3.05, 3.63) is 68.6 Å². The minimum Gasteiger partial charge on any atom is -0.452 e. The second-order valence-electron chi connectivity index (χ2n) is 13.3. The molecular weight excluding hydrogens is 616 g/mol. The average molecular weight is 661 g/mol. The average Bonchev–Trinajstić information content (AvgIpc) is 3.43. The number of piperidine rings is 1. The number of rotatable bonds is 7. The van der Waals surface area contributed by atoms with Gasteiger partial charge in [-0.15, -0.1) is 0 Å². The van der Waals surface area contributed by atoms with Gasteiger partial charge in [0.25, 0.3) is 5.56 Å². The van der Waals surface area contributed by atoms with Gasteiger partial charge in [0.2, 0.25) is 5.95 Å². The van der Waals surface area contributed by atoms with Crippen LogP contribution in [0.1, 0.15) is 53.2 Å². The summed E-state index contributed by atoms with van der Waals surface area (Å²) in [4.78, 5) is 65.8. The summed E-state index contributed by atoms with van der Waals surface area (Å²) in [7, 11) is 4.53. The van der Waals surface area contributed by atoms with Gasteiger partial charge in [-0.3, -0.25) is 23.8 Å². The highest BCUT2D eigenvalue weighted by Gasteiger charge is 2.29. The Balaban J connectivity index is 1.59. The molecule has 0 bridgehead atoms. The number of alkyl carbamates (subject to hydrolysis) is 1. The van der Waals surface area contributed by atoms with E-state index in [0.717, 1.165) is 23.8 Å². The quantitative estimate of drug-likeness (QED) is 0.289. The third kappa shape index (κ3) is 6.92. The highest BCUT2D eigenvalue weighted by atomic mass is 16.6. The molecule has 14 heteroatoms. The van der Waals surface area contributed by atoms with Gasteiger partial charge in [-0.05, 0) is 59.6 Å². The molecule has 4 heterocycles. The number of nitrogens with zero attached hydrogens (tertiary/aromatic N) is 7. The van der Waals surface area contributed by atoms with E-state index in [-0.39, 0.29) is 23.8 Å². The van der Waals surface area contributed by atoms with Gasteiger partial charge in [-0.2, -0.15) is 4.98 Å². The Morgan fingerprint density at radius 2 is 1.88 bits per heavy atom. The summed E-state index contributed by atoms with van der Waals surface area (Å²) >= 11 is 0. The number of anilines is 2. The fraction of sp³-hybridized carbons (Fsp3) is 0.471. The lowest BCUT2D eigenvalue weighted by atomic mass is 10.1. The number of allylic oxidation sites excluding steroid dienone is 2. The van der Waals surface area contributed by atoms with Crippen molar-refractivity contribution < 1.29 is 19.1 Å². The Labute approximate surface area is 278 Å². The number of hydrogen-bond acceptors (Lipinski definition) is 9. The van der Waals surface area contributed by atoms with E-state index >= 15 is 0 Å². The molecule has 1 N–H and O–H groups in total. The Bertz CT molecular complexity index is 2010. The van der Waals surface area contributed by atoms with Gasteiger partial charge in [0.05, 0.1) is 25.0 Å². The number of carbonyl (C=O) groups is 2. The predicted molar refractivity (Wildman–Crippen MR) is 185 cm³/mol. The van der Waals surface area contributed by atoms with E-state index in [1.54, 1.807) is 38.5 Å². The maximum atomic E-state index is 14.3. The fourth-order valence-corrected chi connectivity index (χ4v) is 5.99. The number of carbonyl (C=O) groups excluding carboxylic acids is 2. The normalized spacial score (nSPS) is 15.0. The SMILES string of the molecule is COC(=O)N(C)c1cccc2c(Cn3c(=O)c4c(nc(N5CCCC(NC(=O)OC(C)(C)C)C5)n4CC=C(C)C)n(C)c3=O)nccc12. The van der Waals surface area contributed by atoms with Crippen molar-refractivity contribution in [3.8, 4) is 0 Å². The first-order valence-electron chi connectivity index (χ1n) is 16.0. The number of ether oxygens (including phenoxy) is 2. The number of amides is 2. The molecule has 256 valence electrons. The number of hydrogen-bond donors (Lipinski definition) is 1. The molecule has 14 nitrogen and oxygen atoms in total. The van der Waals surface area contributed by atoms with Crippen molar-refractivity contribution in [2.24, 2.45) is 7.05 Å². The van der Waals surface area contributed by atoms with E-state index in [9.17, 15) is 19.2 Å². The van der Waals surface area contributed by atoms with Crippen LogP contribution in [0.25, 0.3) is 21.9 Å². The number of imidazole rings is 1. The first-order chi connectivity index (χ1) is 22.7. The Hall–Kier alpha value is -5.14. The molecule has 0 spiro atoms. The van der Waals surface area contributed by atoms with Gasteiger partial charge >= 0.3 is 17.9 Å². The number of pyridine rings is 1. The third-order valence-electron chi connectivity index (χ3n) is 8.30. The maximum Gasteiger partial charge on any atom is 0.413 e. The largest absolute Gasteiger partial charge is 0.452 e.